The minimum atomic E-state index is 0.474. The van der Waals surface area contributed by atoms with Crippen molar-refractivity contribution in [2.75, 3.05) is 34.2 Å². The van der Waals surface area contributed by atoms with Crippen molar-refractivity contribution < 1.29 is 4.42 Å². The summed E-state index contributed by atoms with van der Waals surface area (Å²) in [7, 11) is 6.30. The predicted molar refractivity (Wildman–Crippen MR) is 66.2 cm³/mol. The Labute approximate surface area is 98.0 Å². The smallest absolute Gasteiger partial charge is 0.118 e. The fraction of sp³-hybridized carbons (Fsp3) is 0.667. The summed E-state index contributed by atoms with van der Waals surface area (Å²) in [5.74, 6) is 1.85. The van der Waals surface area contributed by atoms with Gasteiger partial charge in [-0.1, -0.05) is 0 Å². The van der Waals surface area contributed by atoms with Crippen LogP contribution < -0.4 is 5.73 Å². The number of nitrogens with two attached hydrogens (primary N) is 1. The van der Waals surface area contributed by atoms with Crippen molar-refractivity contribution in [2.24, 2.45) is 5.73 Å². The van der Waals surface area contributed by atoms with E-state index in [1.165, 1.54) is 5.56 Å². The molecule has 0 amide bonds. The molecule has 0 aliphatic carbocycles. The van der Waals surface area contributed by atoms with Gasteiger partial charge in [0.2, 0.25) is 0 Å². The largest absolute Gasteiger partial charge is 0.465 e. The molecule has 1 aromatic heterocycles. The molecular weight excluding hydrogens is 202 g/mol. The summed E-state index contributed by atoms with van der Waals surface area (Å²) in [6.07, 6.45) is 0. The maximum absolute atomic E-state index is 5.55. The van der Waals surface area contributed by atoms with Gasteiger partial charge in [0, 0.05) is 25.2 Å². The van der Waals surface area contributed by atoms with E-state index in [0.29, 0.717) is 6.54 Å². The fourth-order valence-electron chi connectivity index (χ4n) is 1.59. The first-order chi connectivity index (χ1) is 7.52. The molecule has 0 atom stereocenters. The first kappa shape index (κ1) is 13.2. The normalized spacial score (nSPS) is 11.7. The number of nitrogens with zero attached hydrogens (tertiary/aromatic N) is 2. The average molecular weight is 225 g/mol. The molecule has 1 aromatic rings. The van der Waals surface area contributed by atoms with Crippen LogP contribution in [-0.4, -0.2) is 44.0 Å². The van der Waals surface area contributed by atoms with E-state index < -0.39 is 0 Å². The lowest BCUT2D eigenvalue weighted by Crippen LogP contribution is -2.28. The average Bonchev–Trinajstić information content (AvgIpc) is 2.57. The Morgan fingerprint density at radius 1 is 1.25 bits per heavy atom. The highest BCUT2D eigenvalue weighted by molar-refractivity contribution is 5.20. The van der Waals surface area contributed by atoms with Crippen molar-refractivity contribution in [3.63, 3.8) is 0 Å². The molecule has 0 aliphatic heterocycles. The monoisotopic (exact) mass is 225 g/mol. The van der Waals surface area contributed by atoms with Crippen LogP contribution in [0.25, 0.3) is 0 Å². The Balaban J connectivity index is 2.48. The summed E-state index contributed by atoms with van der Waals surface area (Å²) in [4.78, 5) is 4.47. The molecule has 0 spiro atoms. The summed E-state index contributed by atoms with van der Waals surface area (Å²) in [6.45, 7) is 5.51. The predicted octanol–water partition coefficient (Wildman–Crippen LogP) is 1.04. The van der Waals surface area contributed by atoms with Gasteiger partial charge in [0.15, 0.2) is 0 Å². The molecule has 1 rings (SSSR count). The molecule has 4 heteroatoms. The Hall–Kier alpha value is -0.840. The second-order valence-electron chi connectivity index (χ2n) is 4.54. The maximum Gasteiger partial charge on any atom is 0.118 e. The van der Waals surface area contributed by atoms with E-state index in [4.69, 9.17) is 10.2 Å². The minimum Gasteiger partial charge on any atom is -0.465 e. The van der Waals surface area contributed by atoms with Gasteiger partial charge in [0.1, 0.15) is 11.5 Å². The second-order valence-corrected chi connectivity index (χ2v) is 4.54. The number of furan rings is 1. The summed E-state index contributed by atoms with van der Waals surface area (Å²) in [5, 5.41) is 0. The number of hydrogen-bond donors (Lipinski definition) is 1. The van der Waals surface area contributed by atoms with Gasteiger partial charge in [-0.25, -0.2) is 0 Å². The molecular formula is C12H23N3O. The molecule has 0 saturated carbocycles. The van der Waals surface area contributed by atoms with Crippen LogP contribution >= 0.6 is 0 Å². The summed E-state index contributed by atoms with van der Waals surface area (Å²) in [5.41, 5.74) is 6.78. The maximum atomic E-state index is 5.55. The number of likely N-dealkylation sites (N-methyl/N-ethyl adjacent to an activating group) is 2. The second kappa shape index (κ2) is 6.03. The molecule has 0 unspecified atom stereocenters. The van der Waals surface area contributed by atoms with Gasteiger partial charge in [-0.05, 0) is 34.1 Å². The summed E-state index contributed by atoms with van der Waals surface area (Å²) < 4.78 is 5.53. The van der Waals surface area contributed by atoms with E-state index in [9.17, 15) is 0 Å². The number of aryl methyl sites for hydroxylation is 1. The van der Waals surface area contributed by atoms with Crippen molar-refractivity contribution in [3.8, 4) is 0 Å². The minimum absolute atomic E-state index is 0.474. The third-order valence-corrected chi connectivity index (χ3v) is 2.64. The molecule has 0 aliphatic rings. The fourth-order valence-corrected chi connectivity index (χ4v) is 1.59. The quantitative estimate of drug-likeness (QED) is 0.786. The standard InChI is InChI=1S/C12H23N3O/c1-10-11(7-12(8-13)16-10)9-15(4)6-5-14(2)3/h7H,5-6,8-9,13H2,1-4H3. The lowest BCUT2D eigenvalue weighted by Gasteiger charge is -2.18. The van der Waals surface area contributed by atoms with Gasteiger partial charge >= 0.3 is 0 Å². The third-order valence-electron chi connectivity index (χ3n) is 2.64. The Kier molecular flexibility index (Phi) is 4.99. The highest BCUT2D eigenvalue weighted by Gasteiger charge is 2.08. The van der Waals surface area contributed by atoms with E-state index in [0.717, 1.165) is 31.2 Å². The van der Waals surface area contributed by atoms with E-state index in [-0.39, 0.29) is 0 Å². The summed E-state index contributed by atoms with van der Waals surface area (Å²) >= 11 is 0. The van der Waals surface area contributed by atoms with Crippen LogP contribution in [0.5, 0.6) is 0 Å². The van der Waals surface area contributed by atoms with Crippen LogP contribution in [-0.2, 0) is 13.1 Å². The molecule has 92 valence electrons. The Morgan fingerprint density at radius 3 is 2.44 bits per heavy atom. The van der Waals surface area contributed by atoms with Gasteiger partial charge in [-0.3, -0.25) is 0 Å². The van der Waals surface area contributed by atoms with Crippen molar-refractivity contribution in [1.29, 1.82) is 0 Å². The van der Waals surface area contributed by atoms with Crippen LogP contribution in [0.4, 0.5) is 0 Å². The van der Waals surface area contributed by atoms with Crippen molar-refractivity contribution >= 4 is 0 Å². The van der Waals surface area contributed by atoms with Crippen molar-refractivity contribution in [1.82, 2.24) is 9.80 Å². The molecule has 0 aromatic carbocycles. The lowest BCUT2D eigenvalue weighted by atomic mass is 10.2. The zero-order chi connectivity index (χ0) is 12.1. The van der Waals surface area contributed by atoms with Gasteiger partial charge in [-0.15, -0.1) is 0 Å². The number of hydrogen-bond acceptors (Lipinski definition) is 4. The van der Waals surface area contributed by atoms with E-state index in [1.807, 2.05) is 6.92 Å². The first-order valence-electron chi connectivity index (χ1n) is 5.64. The van der Waals surface area contributed by atoms with Crippen LogP contribution in [0.3, 0.4) is 0 Å². The van der Waals surface area contributed by atoms with Crippen molar-refractivity contribution in [3.05, 3.63) is 23.2 Å². The van der Waals surface area contributed by atoms with Crippen molar-refractivity contribution in [2.45, 2.75) is 20.0 Å². The molecule has 16 heavy (non-hydrogen) atoms. The Bertz CT molecular complexity index is 320. The van der Waals surface area contributed by atoms with Gasteiger partial charge in [0.25, 0.3) is 0 Å². The van der Waals surface area contributed by atoms with Crippen LogP contribution in [0.2, 0.25) is 0 Å². The molecule has 2 N–H and O–H groups in total. The molecule has 0 saturated heterocycles. The van der Waals surface area contributed by atoms with Gasteiger partial charge in [-0.2, -0.15) is 0 Å². The van der Waals surface area contributed by atoms with Gasteiger partial charge < -0.3 is 20.0 Å². The van der Waals surface area contributed by atoms with E-state index in [2.05, 4.69) is 37.0 Å². The van der Waals surface area contributed by atoms with Gasteiger partial charge in [0.05, 0.1) is 6.54 Å². The zero-order valence-electron chi connectivity index (χ0n) is 10.8. The zero-order valence-corrected chi connectivity index (χ0v) is 10.8. The third kappa shape index (κ3) is 3.96. The SMILES string of the molecule is Cc1oc(CN)cc1CN(C)CCN(C)C. The van der Waals surface area contributed by atoms with Crippen LogP contribution in [0.15, 0.2) is 10.5 Å². The molecule has 4 nitrogen and oxygen atoms in total. The molecule has 0 radical (unpaired) electrons. The first-order valence-corrected chi connectivity index (χ1v) is 5.64. The highest BCUT2D eigenvalue weighted by Crippen LogP contribution is 2.15. The Morgan fingerprint density at radius 2 is 1.94 bits per heavy atom. The number of rotatable bonds is 6. The van der Waals surface area contributed by atoms with Crippen LogP contribution in [0, 0.1) is 6.92 Å². The highest BCUT2D eigenvalue weighted by atomic mass is 16.3. The molecule has 0 fully saturated rings. The summed E-state index contributed by atoms with van der Waals surface area (Å²) in [6, 6.07) is 2.06. The van der Waals surface area contributed by atoms with E-state index >= 15 is 0 Å². The van der Waals surface area contributed by atoms with E-state index in [1.54, 1.807) is 0 Å². The molecule has 1 heterocycles. The van der Waals surface area contributed by atoms with Crippen LogP contribution in [0.1, 0.15) is 17.1 Å². The topological polar surface area (TPSA) is 45.6 Å². The molecule has 0 bridgehead atoms. The lowest BCUT2D eigenvalue weighted by molar-refractivity contribution is 0.275.